The Hall–Kier alpha value is -6.19. The Kier molecular flexibility index (Phi) is 6.14. The number of hydrogen-bond donors (Lipinski definition) is 0. The van der Waals surface area contributed by atoms with Crippen LogP contribution in [0.25, 0.3) is 88.4 Å². The van der Waals surface area contributed by atoms with E-state index < -0.39 is 0 Å². The van der Waals surface area contributed by atoms with Crippen LogP contribution in [0.15, 0.2) is 164 Å². The molecule has 0 aliphatic carbocycles. The first kappa shape index (κ1) is 26.2. The molecule has 0 spiro atoms. The molecule has 0 bridgehead atoms. The Morgan fingerprint density at radius 1 is 0.261 bits per heavy atom. The maximum Gasteiger partial charge on any atom is 0.164 e. The first-order valence-corrected chi connectivity index (χ1v) is 15.5. The van der Waals surface area contributed by atoms with E-state index in [0.29, 0.717) is 17.5 Å². The van der Waals surface area contributed by atoms with Crippen LogP contribution in [0.2, 0.25) is 0 Å². The van der Waals surface area contributed by atoms with Crippen LogP contribution < -0.4 is 0 Å². The van der Waals surface area contributed by atoms with Gasteiger partial charge in [-0.15, -0.1) is 0 Å². The summed E-state index contributed by atoms with van der Waals surface area (Å²) in [6, 6.07) is 57.7. The van der Waals surface area contributed by atoms with Crippen molar-refractivity contribution in [1.29, 1.82) is 0 Å². The summed E-state index contributed by atoms with van der Waals surface area (Å²) in [7, 11) is 0. The fraction of sp³-hybridized carbons (Fsp3) is 0. The largest absolute Gasteiger partial charge is 0.208 e. The molecule has 0 atom stereocenters. The van der Waals surface area contributed by atoms with E-state index in [1.165, 1.54) is 43.4 Å². The van der Waals surface area contributed by atoms with Crippen LogP contribution in [0, 0.1) is 0 Å². The standard InChI is InChI=1S/C43H27N3/c1-2-11-30(12-3-1)41-44-42(34-22-19-28-10-4-5-13-31(28)24-34)46-43(45-41)35-23-20-29-18-21-33(25-36(29)26-35)40-27-32-14-6-7-15-37(32)38-16-8-9-17-39(38)40/h1-27H. The van der Waals surface area contributed by atoms with E-state index in [2.05, 4.69) is 133 Å². The summed E-state index contributed by atoms with van der Waals surface area (Å²) < 4.78 is 0. The molecule has 0 N–H and O–H groups in total. The Labute approximate surface area is 266 Å². The lowest BCUT2D eigenvalue weighted by Crippen LogP contribution is -2.00. The van der Waals surface area contributed by atoms with Gasteiger partial charge in [0.05, 0.1) is 0 Å². The summed E-state index contributed by atoms with van der Waals surface area (Å²) in [6.07, 6.45) is 0. The SMILES string of the molecule is c1ccc(-c2nc(-c3ccc4ccccc4c3)nc(-c3ccc4ccc(-c5cc6ccccc6c6ccccc56)cc4c3)n2)cc1. The zero-order valence-corrected chi connectivity index (χ0v) is 24.9. The third-order valence-electron chi connectivity index (χ3n) is 8.85. The summed E-state index contributed by atoms with van der Waals surface area (Å²) in [6.45, 7) is 0. The van der Waals surface area contributed by atoms with E-state index in [1.807, 2.05) is 30.3 Å². The lowest BCUT2D eigenvalue weighted by Gasteiger charge is -2.12. The molecule has 9 aromatic rings. The lowest BCUT2D eigenvalue weighted by atomic mass is 9.92. The van der Waals surface area contributed by atoms with Crippen molar-refractivity contribution in [2.75, 3.05) is 0 Å². The van der Waals surface area contributed by atoms with E-state index in [4.69, 9.17) is 15.0 Å². The quantitative estimate of drug-likeness (QED) is 0.193. The molecule has 9 rings (SSSR count). The number of benzene rings is 8. The number of hydrogen-bond acceptors (Lipinski definition) is 3. The highest BCUT2D eigenvalue weighted by Gasteiger charge is 2.14. The van der Waals surface area contributed by atoms with Crippen LogP contribution in [0.3, 0.4) is 0 Å². The first-order valence-electron chi connectivity index (χ1n) is 15.5. The molecular weight excluding hydrogens is 558 g/mol. The van der Waals surface area contributed by atoms with Crippen molar-refractivity contribution in [3.05, 3.63) is 164 Å². The minimum atomic E-state index is 0.653. The summed E-state index contributed by atoms with van der Waals surface area (Å²) >= 11 is 0. The fourth-order valence-electron chi connectivity index (χ4n) is 6.53. The molecule has 1 heterocycles. The Bertz CT molecular complexity index is 2590. The molecule has 0 aliphatic heterocycles. The lowest BCUT2D eigenvalue weighted by molar-refractivity contribution is 1.08. The van der Waals surface area contributed by atoms with Crippen molar-refractivity contribution >= 4 is 43.1 Å². The Balaban J connectivity index is 1.21. The topological polar surface area (TPSA) is 38.7 Å². The summed E-state index contributed by atoms with van der Waals surface area (Å²) in [5.41, 5.74) is 5.29. The van der Waals surface area contributed by atoms with Gasteiger partial charge >= 0.3 is 0 Å². The van der Waals surface area contributed by atoms with Gasteiger partial charge in [-0.25, -0.2) is 15.0 Å². The van der Waals surface area contributed by atoms with E-state index in [-0.39, 0.29) is 0 Å². The predicted molar refractivity (Wildman–Crippen MR) is 192 cm³/mol. The molecule has 0 radical (unpaired) electrons. The second kappa shape index (κ2) is 10.8. The minimum absolute atomic E-state index is 0.653. The zero-order valence-electron chi connectivity index (χ0n) is 24.9. The van der Waals surface area contributed by atoms with Crippen LogP contribution in [-0.4, -0.2) is 15.0 Å². The van der Waals surface area contributed by atoms with Gasteiger partial charge in [0.1, 0.15) is 0 Å². The molecule has 0 fully saturated rings. The van der Waals surface area contributed by atoms with Gasteiger partial charge in [0.25, 0.3) is 0 Å². The molecule has 214 valence electrons. The molecule has 0 aliphatic rings. The highest BCUT2D eigenvalue weighted by molar-refractivity contribution is 6.14. The molecule has 46 heavy (non-hydrogen) atoms. The number of rotatable bonds is 4. The van der Waals surface area contributed by atoms with Crippen LogP contribution >= 0.6 is 0 Å². The highest BCUT2D eigenvalue weighted by Crippen LogP contribution is 2.37. The number of aromatic nitrogens is 3. The second-order valence-electron chi connectivity index (χ2n) is 11.7. The molecule has 0 saturated heterocycles. The van der Waals surface area contributed by atoms with Crippen molar-refractivity contribution < 1.29 is 0 Å². The van der Waals surface area contributed by atoms with Gasteiger partial charge in [-0.05, 0) is 78.5 Å². The number of fused-ring (bicyclic) bond motifs is 5. The Morgan fingerprint density at radius 3 is 1.46 bits per heavy atom. The van der Waals surface area contributed by atoms with Gasteiger partial charge in [-0.2, -0.15) is 0 Å². The van der Waals surface area contributed by atoms with Crippen molar-refractivity contribution in [2.24, 2.45) is 0 Å². The van der Waals surface area contributed by atoms with Gasteiger partial charge in [0.2, 0.25) is 0 Å². The van der Waals surface area contributed by atoms with Crippen molar-refractivity contribution in [3.63, 3.8) is 0 Å². The van der Waals surface area contributed by atoms with E-state index in [9.17, 15) is 0 Å². The average Bonchev–Trinajstić information content (AvgIpc) is 3.14. The van der Waals surface area contributed by atoms with E-state index in [0.717, 1.165) is 27.5 Å². The van der Waals surface area contributed by atoms with Gasteiger partial charge in [-0.3, -0.25) is 0 Å². The molecule has 0 saturated carbocycles. The van der Waals surface area contributed by atoms with Crippen LogP contribution in [0.5, 0.6) is 0 Å². The molecule has 1 aromatic heterocycles. The van der Waals surface area contributed by atoms with Crippen LogP contribution in [-0.2, 0) is 0 Å². The smallest absolute Gasteiger partial charge is 0.164 e. The third-order valence-corrected chi connectivity index (χ3v) is 8.85. The average molecular weight is 586 g/mol. The first-order chi connectivity index (χ1) is 22.8. The molecule has 8 aromatic carbocycles. The zero-order chi connectivity index (χ0) is 30.5. The van der Waals surface area contributed by atoms with Gasteiger partial charge in [0, 0.05) is 16.7 Å². The molecule has 0 amide bonds. The molecule has 3 heteroatoms. The van der Waals surface area contributed by atoms with Crippen molar-refractivity contribution in [1.82, 2.24) is 15.0 Å². The molecule has 3 nitrogen and oxygen atoms in total. The summed E-state index contributed by atoms with van der Waals surface area (Å²) in [4.78, 5) is 15.0. The van der Waals surface area contributed by atoms with E-state index in [1.54, 1.807) is 0 Å². The second-order valence-corrected chi connectivity index (χ2v) is 11.7. The van der Waals surface area contributed by atoms with Crippen molar-refractivity contribution in [2.45, 2.75) is 0 Å². The van der Waals surface area contributed by atoms with Crippen LogP contribution in [0.4, 0.5) is 0 Å². The van der Waals surface area contributed by atoms with E-state index >= 15 is 0 Å². The van der Waals surface area contributed by atoms with Gasteiger partial charge in [-0.1, -0.05) is 140 Å². The number of nitrogens with zero attached hydrogens (tertiary/aromatic N) is 3. The maximum absolute atomic E-state index is 5.05. The maximum atomic E-state index is 5.05. The highest BCUT2D eigenvalue weighted by atomic mass is 15.0. The summed E-state index contributed by atoms with van der Waals surface area (Å²) in [5.74, 6) is 1.97. The Morgan fingerprint density at radius 2 is 0.739 bits per heavy atom. The van der Waals surface area contributed by atoms with Crippen molar-refractivity contribution in [3.8, 4) is 45.3 Å². The minimum Gasteiger partial charge on any atom is -0.208 e. The molecular formula is C43H27N3. The van der Waals surface area contributed by atoms with Gasteiger partial charge in [0.15, 0.2) is 17.5 Å². The normalized spacial score (nSPS) is 11.5. The monoisotopic (exact) mass is 585 g/mol. The summed E-state index contributed by atoms with van der Waals surface area (Å²) in [5, 5.41) is 9.69. The van der Waals surface area contributed by atoms with Crippen LogP contribution in [0.1, 0.15) is 0 Å². The fourth-order valence-corrected chi connectivity index (χ4v) is 6.53. The molecule has 0 unspecified atom stereocenters. The van der Waals surface area contributed by atoms with Gasteiger partial charge < -0.3 is 0 Å². The third kappa shape index (κ3) is 4.58. The predicted octanol–water partition coefficient (Wildman–Crippen LogP) is 11.2.